The second-order valence-corrected chi connectivity index (χ2v) is 12.2. The van der Waals surface area contributed by atoms with Crippen molar-refractivity contribution in [2.45, 2.75) is 71.4 Å². The molecule has 3 atom stereocenters. The van der Waals surface area contributed by atoms with E-state index in [1.54, 1.807) is 6.08 Å². The van der Waals surface area contributed by atoms with E-state index in [9.17, 15) is 9.90 Å². The zero-order valence-electron chi connectivity index (χ0n) is 15.9. The van der Waals surface area contributed by atoms with Gasteiger partial charge in [0.1, 0.15) is 0 Å². The van der Waals surface area contributed by atoms with Crippen LogP contribution in [0.4, 0.5) is 0 Å². The molecule has 0 saturated carbocycles. The van der Waals surface area contributed by atoms with E-state index in [1.165, 1.54) is 13.2 Å². The highest BCUT2D eigenvalue weighted by Crippen LogP contribution is 2.38. The van der Waals surface area contributed by atoms with Crippen LogP contribution in [0.2, 0.25) is 18.1 Å². The van der Waals surface area contributed by atoms with E-state index in [2.05, 4.69) is 38.6 Å². The van der Waals surface area contributed by atoms with Gasteiger partial charge in [0.05, 0.1) is 19.3 Å². The molecule has 0 unspecified atom stereocenters. The first kappa shape index (κ1) is 22.1. The molecule has 1 N–H and O–H groups in total. The van der Waals surface area contributed by atoms with Crippen molar-refractivity contribution in [3.8, 4) is 0 Å². The molecule has 0 amide bonds. The molecule has 0 bridgehead atoms. The van der Waals surface area contributed by atoms with Gasteiger partial charge in [0.15, 0.2) is 8.32 Å². The van der Waals surface area contributed by atoms with Gasteiger partial charge in [-0.1, -0.05) is 45.9 Å². The maximum absolute atomic E-state index is 11.1. The van der Waals surface area contributed by atoms with Gasteiger partial charge in [-0.05, 0) is 31.5 Å². The van der Waals surface area contributed by atoms with Gasteiger partial charge in [-0.25, -0.2) is 4.79 Å². The number of rotatable bonds is 8. The molecule has 0 saturated heterocycles. The first-order valence-corrected chi connectivity index (χ1v) is 11.1. The molecular formula is C18H34O4Si. The molecule has 0 aliphatic rings. The second-order valence-electron chi connectivity index (χ2n) is 7.46. The average molecular weight is 343 g/mol. The summed E-state index contributed by atoms with van der Waals surface area (Å²) in [6.45, 7) is 15.0. The molecule has 0 rings (SSSR count). The number of hydrogen-bond donors (Lipinski definition) is 1. The number of ether oxygens (including phenoxy) is 1. The maximum atomic E-state index is 11.1. The van der Waals surface area contributed by atoms with Crippen LogP contribution in [-0.4, -0.2) is 38.7 Å². The van der Waals surface area contributed by atoms with Crippen LogP contribution in [0.5, 0.6) is 0 Å². The summed E-state index contributed by atoms with van der Waals surface area (Å²) < 4.78 is 11.0. The van der Waals surface area contributed by atoms with E-state index in [0.29, 0.717) is 6.42 Å². The number of aliphatic hydroxyl groups is 1. The topological polar surface area (TPSA) is 55.8 Å². The SMILES string of the molecule is C/C=C/[C@@H](O[Si](C)(C)C(C)(C)C)[C@H](C)[C@H](O)C/C=C/C(=O)OC. The Morgan fingerprint density at radius 2 is 1.87 bits per heavy atom. The van der Waals surface area contributed by atoms with Crippen LogP contribution in [0.1, 0.15) is 41.0 Å². The van der Waals surface area contributed by atoms with Crippen molar-refractivity contribution in [1.82, 2.24) is 0 Å². The lowest BCUT2D eigenvalue weighted by molar-refractivity contribution is -0.134. The van der Waals surface area contributed by atoms with Gasteiger partial charge in [0.2, 0.25) is 0 Å². The average Bonchev–Trinajstić information content (AvgIpc) is 2.44. The molecule has 0 fully saturated rings. The maximum Gasteiger partial charge on any atom is 0.330 e. The molecule has 0 aliphatic carbocycles. The molecular weight excluding hydrogens is 308 g/mol. The summed E-state index contributed by atoms with van der Waals surface area (Å²) in [5, 5.41) is 10.5. The standard InChI is InChI=1S/C18H34O4Si/c1-9-11-16(22-23(7,8)18(3,4)5)14(2)15(19)12-10-13-17(20)21-6/h9-11,13-16,19H,12H2,1-8H3/b11-9+,13-10+/t14-,15-,16-/m1/s1. The fourth-order valence-corrected chi connectivity index (χ4v) is 3.16. The Labute approximate surface area is 142 Å². The van der Waals surface area contributed by atoms with Gasteiger partial charge in [-0.15, -0.1) is 0 Å². The first-order valence-electron chi connectivity index (χ1n) is 8.19. The number of methoxy groups -OCH3 is 1. The van der Waals surface area contributed by atoms with Gasteiger partial charge in [-0.2, -0.15) is 0 Å². The Bertz CT molecular complexity index is 421. The predicted octanol–water partition coefficient (Wildman–Crippen LogP) is 4.07. The third kappa shape index (κ3) is 7.46. The largest absolute Gasteiger partial charge is 0.466 e. The van der Waals surface area contributed by atoms with Crippen molar-refractivity contribution >= 4 is 14.3 Å². The van der Waals surface area contributed by atoms with Crippen molar-refractivity contribution in [2.24, 2.45) is 5.92 Å². The van der Waals surface area contributed by atoms with Crippen molar-refractivity contribution in [3.63, 3.8) is 0 Å². The molecule has 0 radical (unpaired) electrons. The third-order valence-electron chi connectivity index (χ3n) is 4.58. The lowest BCUT2D eigenvalue weighted by Gasteiger charge is -2.40. The summed E-state index contributed by atoms with van der Waals surface area (Å²) >= 11 is 0. The van der Waals surface area contributed by atoms with Crippen LogP contribution in [0.25, 0.3) is 0 Å². The highest BCUT2D eigenvalue weighted by molar-refractivity contribution is 6.74. The zero-order chi connectivity index (χ0) is 18.3. The monoisotopic (exact) mass is 342 g/mol. The van der Waals surface area contributed by atoms with E-state index in [-0.39, 0.29) is 17.1 Å². The third-order valence-corrected chi connectivity index (χ3v) is 9.05. The normalized spacial score (nSPS) is 17.4. The van der Waals surface area contributed by atoms with E-state index >= 15 is 0 Å². The fraction of sp³-hybridized carbons (Fsp3) is 0.722. The summed E-state index contributed by atoms with van der Waals surface area (Å²) in [6, 6.07) is 0. The Kier molecular flexibility index (Phi) is 9.03. The van der Waals surface area contributed by atoms with E-state index in [1.807, 2.05) is 26.0 Å². The molecule has 0 spiro atoms. The Balaban J connectivity index is 4.95. The van der Waals surface area contributed by atoms with E-state index in [4.69, 9.17) is 4.43 Å². The molecule has 0 aromatic heterocycles. The smallest absolute Gasteiger partial charge is 0.330 e. The van der Waals surface area contributed by atoms with Crippen LogP contribution in [0, 0.1) is 5.92 Å². The quantitative estimate of drug-likeness (QED) is 0.313. The lowest BCUT2D eigenvalue weighted by atomic mass is 9.95. The van der Waals surface area contributed by atoms with Crippen molar-refractivity contribution in [1.29, 1.82) is 0 Å². The number of aliphatic hydroxyl groups excluding tert-OH is 1. The fourth-order valence-electron chi connectivity index (χ4n) is 1.83. The molecule has 0 aromatic rings. The van der Waals surface area contributed by atoms with Crippen LogP contribution >= 0.6 is 0 Å². The molecule has 23 heavy (non-hydrogen) atoms. The molecule has 0 aromatic carbocycles. The minimum atomic E-state index is -1.92. The summed E-state index contributed by atoms with van der Waals surface area (Å²) in [5.41, 5.74) is 0. The van der Waals surface area contributed by atoms with E-state index < -0.39 is 20.4 Å². The molecule has 0 heterocycles. The van der Waals surface area contributed by atoms with Crippen molar-refractivity contribution in [3.05, 3.63) is 24.3 Å². The summed E-state index contributed by atoms with van der Waals surface area (Å²) in [7, 11) is -0.589. The predicted molar refractivity (Wildman–Crippen MR) is 97.8 cm³/mol. The number of carbonyl (C=O) groups is 1. The minimum Gasteiger partial charge on any atom is -0.466 e. The van der Waals surface area contributed by atoms with Gasteiger partial charge in [0.25, 0.3) is 0 Å². The zero-order valence-corrected chi connectivity index (χ0v) is 16.9. The number of allylic oxidation sites excluding steroid dienone is 1. The molecule has 5 heteroatoms. The highest BCUT2D eigenvalue weighted by atomic mass is 28.4. The summed E-state index contributed by atoms with van der Waals surface area (Å²) in [4.78, 5) is 11.1. The van der Waals surface area contributed by atoms with Crippen LogP contribution < -0.4 is 0 Å². The number of carbonyl (C=O) groups excluding carboxylic acids is 1. The molecule has 134 valence electrons. The lowest BCUT2D eigenvalue weighted by Crippen LogP contribution is -2.46. The highest BCUT2D eigenvalue weighted by Gasteiger charge is 2.40. The molecule has 0 aliphatic heterocycles. The van der Waals surface area contributed by atoms with Gasteiger partial charge >= 0.3 is 5.97 Å². The first-order chi connectivity index (χ1) is 10.5. The number of esters is 1. The van der Waals surface area contributed by atoms with E-state index in [0.717, 1.165) is 0 Å². The minimum absolute atomic E-state index is 0.0670. The van der Waals surface area contributed by atoms with Crippen LogP contribution in [0.3, 0.4) is 0 Å². The second kappa shape index (κ2) is 9.40. The van der Waals surface area contributed by atoms with Gasteiger partial charge in [-0.3, -0.25) is 0 Å². The Hall–Kier alpha value is -0.913. The van der Waals surface area contributed by atoms with Crippen molar-refractivity contribution < 1.29 is 19.1 Å². The van der Waals surface area contributed by atoms with Crippen LogP contribution in [-0.2, 0) is 14.0 Å². The van der Waals surface area contributed by atoms with Crippen LogP contribution in [0.15, 0.2) is 24.3 Å². The molecule has 4 nitrogen and oxygen atoms in total. The Morgan fingerprint density at radius 1 is 1.30 bits per heavy atom. The summed E-state index contributed by atoms with van der Waals surface area (Å²) in [5.74, 6) is -0.477. The van der Waals surface area contributed by atoms with Gasteiger partial charge < -0.3 is 14.3 Å². The summed E-state index contributed by atoms with van der Waals surface area (Å²) in [6.07, 6.45) is 6.64. The Morgan fingerprint density at radius 3 is 2.30 bits per heavy atom. The van der Waals surface area contributed by atoms with Gasteiger partial charge in [0, 0.05) is 12.0 Å². The van der Waals surface area contributed by atoms with Crippen molar-refractivity contribution in [2.75, 3.05) is 7.11 Å². The number of hydrogen-bond acceptors (Lipinski definition) is 4.